The minimum atomic E-state index is -0.323. The van der Waals surface area contributed by atoms with Crippen LogP contribution in [0.2, 0.25) is 0 Å². The molecule has 1 aromatic rings. The molecule has 16 heavy (non-hydrogen) atoms. The van der Waals surface area contributed by atoms with Crippen molar-refractivity contribution in [3.63, 3.8) is 0 Å². The smallest absolute Gasteiger partial charge is 0.0802 e. The quantitative estimate of drug-likeness (QED) is 0.668. The SMILES string of the molecule is CCC(O)c1ccn(CCCCCCO)c1. The Morgan fingerprint density at radius 1 is 1.25 bits per heavy atom. The summed E-state index contributed by atoms with van der Waals surface area (Å²) in [6, 6.07) is 1.99. The van der Waals surface area contributed by atoms with E-state index < -0.39 is 0 Å². The molecule has 0 saturated heterocycles. The van der Waals surface area contributed by atoms with Gasteiger partial charge >= 0.3 is 0 Å². The lowest BCUT2D eigenvalue weighted by molar-refractivity contribution is 0.173. The van der Waals surface area contributed by atoms with Crippen LogP contribution < -0.4 is 0 Å². The van der Waals surface area contributed by atoms with Crippen molar-refractivity contribution in [2.24, 2.45) is 0 Å². The van der Waals surface area contributed by atoms with Crippen LogP contribution in [0.4, 0.5) is 0 Å². The first kappa shape index (κ1) is 13.3. The molecule has 0 radical (unpaired) electrons. The van der Waals surface area contributed by atoms with E-state index in [2.05, 4.69) is 4.57 Å². The minimum Gasteiger partial charge on any atom is -0.396 e. The van der Waals surface area contributed by atoms with Crippen LogP contribution in [-0.2, 0) is 6.54 Å². The van der Waals surface area contributed by atoms with Crippen LogP contribution in [0, 0.1) is 0 Å². The molecule has 1 atom stereocenters. The molecule has 0 spiro atoms. The van der Waals surface area contributed by atoms with Gasteiger partial charge in [0, 0.05) is 25.5 Å². The van der Waals surface area contributed by atoms with Gasteiger partial charge in [-0.25, -0.2) is 0 Å². The van der Waals surface area contributed by atoms with Gasteiger partial charge in [0.15, 0.2) is 0 Å². The number of aliphatic hydroxyl groups excluding tert-OH is 2. The second kappa shape index (κ2) is 7.47. The molecule has 0 fully saturated rings. The zero-order chi connectivity index (χ0) is 11.8. The highest BCUT2D eigenvalue weighted by atomic mass is 16.3. The lowest BCUT2D eigenvalue weighted by Crippen LogP contribution is -1.96. The Hall–Kier alpha value is -0.800. The summed E-state index contributed by atoms with van der Waals surface area (Å²) in [6.45, 7) is 3.29. The van der Waals surface area contributed by atoms with Gasteiger partial charge in [0.05, 0.1) is 6.10 Å². The monoisotopic (exact) mass is 225 g/mol. The topological polar surface area (TPSA) is 45.4 Å². The van der Waals surface area contributed by atoms with E-state index in [1.165, 1.54) is 0 Å². The highest BCUT2D eigenvalue weighted by Crippen LogP contribution is 2.16. The fourth-order valence-electron chi connectivity index (χ4n) is 1.79. The van der Waals surface area contributed by atoms with E-state index in [9.17, 15) is 5.11 Å². The molecule has 0 aliphatic heterocycles. The first-order valence-corrected chi connectivity index (χ1v) is 6.22. The van der Waals surface area contributed by atoms with Crippen LogP contribution in [-0.4, -0.2) is 21.4 Å². The first-order chi connectivity index (χ1) is 7.77. The number of aromatic nitrogens is 1. The third-order valence-electron chi connectivity index (χ3n) is 2.87. The molecule has 3 nitrogen and oxygen atoms in total. The van der Waals surface area contributed by atoms with Crippen molar-refractivity contribution >= 4 is 0 Å². The Kier molecular flexibility index (Phi) is 6.19. The molecule has 1 rings (SSSR count). The summed E-state index contributed by atoms with van der Waals surface area (Å²) in [5.41, 5.74) is 1.01. The lowest BCUT2D eigenvalue weighted by atomic mass is 10.1. The van der Waals surface area contributed by atoms with E-state index in [0.29, 0.717) is 6.61 Å². The van der Waals surface area contributed by atoms with Crippen molar-refractivity contribution in [3.8, 4) is 0 Å². The number of hydrogen-bond acceptors (Lipinski definition) is 2. The fourth-order valence-corrected chi connectivity index (χ4v) is 1.79. The molecule has 1 unspecified atom stereocenters. The van der Waals surface area contributed by atoms with Gasteiger partial charge in [-0.15, -0.1) is 0 Å². The van der Waals surface area contributed by atoms with E-state index >= 15 is 0 Å². The van der Waals surface area contributed by atoms with Gasteiger partial charge in [0.1, 0.15) is 0 Å². The van der Waals surface area contributed by atoms with Crippen molar-refractivity contribution < 1.29 is 10.2 Å². The van der Waals surface area contributed by atoms with Gasteiger partial charge in [-0.1, -0.05) is 19.8 Å². The normalized spacial score (nSPS) is 12.9. The maximum absolute atomic E-state index is 9.64. The van der Waals surface area contributed by atoms with Gasteiger partial charge in [-0.05, 0) is 30.9 Å². The maximum Gasteiger partial charge on any atom is 0.0802 e. The van der Waals surface area contributed by atoms with Crippen molar-refractivity contribution in [3.05, 3.63) is 24.0 Å². The standard InChI is InChI=1S/C13H23NO2/c1-2-13(16)12-7-9-14(11-12)8-5-3-4-6-10-15/h7,9,11,13,15-16H,2-6,8,10H2,1H3. The van der Waals surface area contributed by atoms with Crippen LogP contribution in [0.15, 0.2) is 18.5 Å². The summed E-state index contributed by atoms with van der Waals surface area (Å²) in [6.07, 6.45) is 8.80. The Balaban J connectivity index is 2.24. The third-order valence-corrected chi connectivity index (χ3v) is 2.87. The summed E-state index contributed by atoms with van der Waals surface area (Å²) in [4.78, 5) is 0. The molecule has 0 aromatic carbocycles. The summed E-state index contributed by atoms with van der Waals surface area (Å²) < 4.78 is 2.13. The molecule has 3 heteroatoms. The van der Waals surface area contributed by atoms with Gasteiger partial charge in [0.25, 0.3) is 0 Å². The molecular formula is C13H23NO2. The summed E-state index contributed by atoms with van der Waals surface area (Å²) in [5.74, 6) is 0. The fraction of sp³-hybridized carbons (Fsp3) is 0.692. The predicted octanol–water partition coefficient (Wildman–Crippen LogP) is 2.48. The van der Waals surface area contributed by atoms with Crippen LogP contribution in [0.25, 0.3) is 0 Å². The molecule has 2 N–H and O–H groups in total. The molecule has 0 amide bonds. The summed E-state index contributed by atoms with van der Waals surface area (Å²) >= 11 is 0. The number of hydrogen-bond donors (Lipinski definition) is 2. The van der Waals surface area contributed by atoms with Crippen molar-refractivity contribution in [2.75, 3.05) is 6.61 Å². The molecule has 0 bridgehead atoms. The van der Waals surface area contributed by atoms with Crippen LogP contribution >= 0.6 is 0 Å². The maximum atomic E-state index is 9.64. The molecule has 0 saturated carbocycles. The van der Waals surface area contributed by atoms with Gasteiger partial charge < -0.3 is 14.8 Å². The van der Waals surface area contributed by atoms with Crippen LogP contribution in [0.5, 0.6) is 0 Å². The molecule has 0 aliphatic rings. The number of aliphatic hydroxyl groups is 2. The predicted molar refractivity (Wildman–Crippen MR) is 65.2 cm³/mol. The Morgan fingerprint density at radius 2 is 2.00 bits per heavy atom. The van der Waals surface area contributed by atoms with E-state index in [4.69, 9.17) is 5.11 Å². The Morgan fingerprint density at radius 3 is 2.69 bits per heavy atom. The number of rotatable bonds is 8. The second-order valence-corrected chi connectivity index (χ2v) is 4.24. The van der Waals surface area contributed by atoms with E-state index in [1.807, 2.05) is 25.4 Å². The van der Waals surface area contributed by atoms with Crippen LogP contribution in [0.1, 0.15) is 50.7 Å². The Bertz CT molecular complexity index is 283. The van der Waals surface area contributed by atoms with E-state index in [-0.39, 0.29) is 6.10 Å². The van der Waals surface area contributed by atoms with E-state index in [0.717, 1.165) is 44.2 Å². The van der Waals surface area contributed by atoms with Crippen molar-refractivity contribution in [2.45, 2.75) is 51.7 Å². The van der Waals surface area contributed by atoms with Gasteiger partial charge in [-0.2, -0.15) is 0 Å². The largest absolute Gasteiger partial charge is 0.396 e. The average molecular weight is 225 g/mol. The number of nitrogens with zero attached hydrogens (tertiary/aromatic N) is 1. The summed E-state index contributed by atoms with van der Waals surface area (Å²) in [5, 5.41) is 18.3. The van der Waals surface area contributed by atoms with Crippen molar-refractivity contribution in [1.82, 2.24) is 4.57 Å². The summed E-state index contributed by atoms with van der Waals surface area (Å²) in [7, 11) is 0. The average Bonchev–Trinajstić information content (AvgIpc) is 2.76. The van der Waals surface area contributed by atoms with E-state index in [1.54, 1.807) is 0 Å². The van der Waals surface area contributed by atoms with Crippen LogP contribution in [0.3, 0.4) is 0 Å². The highest BCUT2D eigenvalue weighted by Gasteiger charge is 2.05. The molecule has 1 heterocycles. The Labute approximate surface area is 97.7 Å². The molecular weight excluding hydrogens is 202 g/mol. The number of unbranched alkanes of at least 4 members (excludes halogenated alkanes) is 3. The first-order valence-electron chi connectivity index (χ1n) is 6.22. The van der Waals surface area contributed by atoms with Crippen molar-refractivity contribution in [1.29, 1.82) is 0 Å². The molecule has 0 aliphatic carbocycles. The molecule has 1 aromatic heterocycles. The molecule has 92 valence electrons. The number of aryl methyl sites for hydroxylation is 1. The van der Waals surface area contributed by atoms with Gasteiger partial charge in [0.2, 0.25) is 0 Å². The zero-order valence-corrected chi connectivity index (χ0v) is 10.1. The lowest BCUT2D eigenvalue weighted by Gasteiger charge is -2.05. The minimum absolute atomic E-state index is 0.302. The van der Waals surface area contributed by atoms with Gasteiger partial charge in [-0.3, -0.25) is 0 Å². The highest BCUT2D eigenvalue weighted by molar-refractivity contribution is 5.13. The third kappa shape index (κ3) is 4.37. The second-order valence-electron chi connectivity index (χ2n) is 4.24. The zero-order valence-electron chi connectivity index (χ0n) is 10.1.